The summed E-state index contributed by atoms with van der Waals surface area (Å²) in [4.78, 5) is 23.0. The van der Waals surface area contributed by atoms with Gasteiger partial charge in [-0.1, -0.05) is 6.92 Å². The number of hydrogen-bond donors (Lipinski definition) is 2. The van der Waals surface area contributed by atoms with Crippen LogP contribution in [-0.2, 0) is 4.79 Å². The van der Waals surface area contributed by atoms with Gasteiger partial charge in [0, 0.05) is 23.9 Å². The zero-order valence-corrected chi connectivity index (χ0v) is 12.5. The maximum atomic E-state index is 12.0. The van der Waals surface area contributed by atoms with Crippen molar-refractivity contribution in [3.8, 4) is 0 Å². The molecule has 1 aromatic rings. The normalized spacial score (nSPS) is 19.5. The molecule has 21 heavy (non-hydrogen) atoms. The van der Waals surface area contributed by atoms with Gasteiger partial charge >= 0.3 is 0 Å². The second-order valence-electron chi connectivity index (χ2n) is 5.30. The molecule has 0 aliphatic heterocycles. The van der Waals surface area contributed by atoms with Crippen LogP contribution in [0.15, 0.2) is 29.4 Å². The maximum Gasteiger partial charge on any atom is 0.271 e. The number of benzene rings is 1. The molecule has 1 unspecified atom stereocenters. The lowest BCUT2D eigenvalue weighted by molar-refractivity contribution is -0.114. The van der Waals surface area contributed by atoms with Gasteiger partial charge < -0.3 is 5.32 Å². The number of hydrogen-bond acceptors (Lipinski definition) is 3. The number of amides is 2. The second kappa shape index (κ2) is 7.02. The molecule has 0 heterocycles. The fourth-order valence-electron chi connectivity index (χ4n) is 2.58. The molecular weight excluding hydrogens is 266 g/mol. The molecule has 2 rings (SSSR count). The second-order valence-corrected chi connectivity index (χ2v) is 5.30. The Bertz CT molecular complexity index is 549. The van der Waals surface area contributed by atoms with Crippen LogP contribution >= 0.6 is 0 Å². The van der Waals surface area contributed by atoms with Gasteiger partial charge in [0.25, 0.3) is 5.91 Å². The number of hydrazone groups is 1. The average Bonchev–Trinajstić information content (AvgIpc) is 2.92. The van der Waals surface area contributed by atoms with E-state index < -0.39 is 0 Å². The molecule has 1 aliphatic rings. The van der Waals surface area contributed by atoms with Crippen LogP contribution in [-0.4, -0.2) is 17.5 Å². The van der Waals surface area contributed by atoms with Crippen molar-refractivity contribution in [2.24, 2.45) is 11.0 Å². The number of nitrogens with zero attached hydrogens (tertiary/aromatic N) is 1. The standard InChI is InChI=1S/C16H21N3O2/c1-3-12-5-4-6-15(12)18-19-16(21)13-7-9-14(10-8-13)17-11(2)20/h7-10,12H,3-6H2,1-2H3,(H,17,20)(H,19,21). The highest BCUT2D eigenvalue weighted by molar-refractivity contribution is 5.97. The summed E-state index contributed by atoms with van der Waals surface area (Å²) in [5.74, 6) is 0.150. The summed E-state index contributed by atoms with van der Waals surface area (Å²) in [6.45, 7) is 3.59. The van der Waals surface area contributed by atoms with Gasteiger partial charge in [-0.15, -0.1) is 0 Å². The Balaban J connectivity index is 1.97. The number of carbonyl (C=O) groups excluding carboxylic acids is 2. The first-order chi connectivity index (χ1) is 10.1. The van der Waals surface area contributed by atoms with Gasteiger partial charge in [-0.25, -0.2) is 5.43 Å². The molecule has 2 amide bonds. The van der Waals surface area contributed by atoms with Crippen molar-refractivity contribution in [1.29, 1.82) is 0 Å². The SMILES string of the molecule is CCC1CCCC1=NNC(=O)c1ccc(NC(C)=O)cc1. The summed E-state index contributed by atoms with van der Waals surface area (Å²) in [5.41, 5.74) is 4.93. The first-order valence-electron chi connectivity index (χ1n) is 7.34. The summed E-state index contributed by atoms with van der Waals surface area (Å²) in [6.07, 6.45) is 4.36. The van der Waals surface area contributed by atoms with Crippen LogP contribution in [0.5, 0.6) is 0 Å². The van der Waals surface area contributed by atoms with E-state index in [9.17, 15) is 9.59 Å². The van der Waals surface area contributed by atoms with Gasteiger partial charge in [0.1, 0.15) is 0 Å². The Morgan fingerprint density at radius 3 is 2.62 bits per heavy atom. The highest BCUT2D eigenvalue weighted by atomic mass is 16.2. The van der Waals surface area contributed by atoms with E-state index in [-0.39, 0.29) is 11.8 Å². The van der Waals surface area contributed by atoms with E-state index in [1.807, 2.05) is 0 Å². The Labute approximate surface area is 124 Å². The third-order valence-electron chi connectivity index (χ3n) is 3.72. The van der Waals surface area contributed by atoms with Crippen LogP contribution in [0, 0.1) is 5.92 Å². The van der Waals surface area contributed by atoms with Crippen molar-refractivity contribution in [3.05, 3.63) is 29.8 Å². The summed E-state index contributed by atoms with van der Waals surface area (Å²) in [7, 11) is 0. The minimum absolute atomic E-state index is 0.134. The predicted molar refractivity (Wildman–Crippen MR) is 83.3 cm³/mol. The first-order valence-corrected chi connectivity index (χ1v) is 7.34. The molecule has 1 atom stereocenters. The molecule has 0 radical (unpaired) electrons. The van der Waals surface area contributed by atoms with E-state index in [1.165, 1.54) is 6.92 Å². The zero-order valence-electron chi connectivity index (χ0n) is 12.5. The summed E-state index contributed by atoms with van der Waals surface area (Å²) in [5, 5.41) is 6.93. The van der Waals surface area contributed by atoms with Crippen LogP contribution in [0.2, 0.25) is 0 Å². The van der Waals surface area contributed by atoms with Crippen molar-refractivity contribution in [3.63, 3.8) is 0 Å². The Hall–Kier alpha value is -2.17. The molecule has 112 valence electrons. The first kappa shape index (κ1) is 15.2. The number of carbonyl (C=O) groups is 2. The smallest absolute Gasteiger partial charge is 0.271 e. The van der Waals surface area contributed by atoms with E-state index >= 15 is 0 Å². The summed E-state index contributed by atoms with van der Waals surface area (Å²) in [6, 6.07) is 6.75. The van der Waals surface area contributed by atoms with E-state index in [1.54, 1.807) is 24.3 Å². The number of rotatable bonds is 4. The predicted octanol–water partition coefficient (Wildman–Crippen LogP) is 2.94. The van der Waals surface area contributed by atoms with Gasteiger partial charge in [0.05, 0.1) is 0 Å². The highest BCUT2D eigenvalue weighted by Gasteiger charge is 2.21. The molecule has 0 spiro atoms. The monoisotopic (exact) mass is 287 g/mol. The Kier molecular flexibility index (Phi) is 5.09. The fraction of sp³-hybridized carbons (Fsp3) is 0.438. The molecule has 0 aromatic heterocycles. The molecule has 5 nitrogen and oxygen atoms in total. The van der Waals surface area contributed by atoms with E-state index in [0.717, 1.165) is 31.4 Å². The van der Waals surface area contributed by atoms with Crippen molar-refractivity contribution in [2.45, 2.75) is 39.5 Å². The topological polar surface area (TPSA) is 70.6 Å². The summed E-state index contributed by atoms with van der Waals surface area (Å²) < 4.78 is 0. The van der Waals surface area contributed by atoms with E-state index in [4.69, 9.17) is 0 Å². The van der Waals surface area contributed by atoms with Crippen molar-refractivity contribution < 1.29 is 9.59 Å². The Morgan fingerprint density at radius 2 is 2.00 bits per heavy atom. The third-order valence-corrected chi connectivity index (χ3v) is 3.72. The largest absolute Gasteiger partial charge is 0.326 e. The number of anilines is 1. The Morgan fingerprint density at radius 1 is 1.29 bits per heavy atom. The molecule has 2 N–H and O–H groups in total. The maximum absolute atomic E-state index is 12.0. The fourth-order valence-corrected chi connectivity index (χ4v) is 2.58. The lowest BCUT2D eigenvalue weighted by Gasteiger charge is -2.08. The van der Waals surface area contributed by atoms with Gasteiger partial charge in [-0.2, -0.15) is 5.10 Å². The third kappa shape index (κ3) is 4.15. The van der Waals surface area contributed by atoms with Crippen LogP contribution in [0.3, 0.4) is 0 Å². The molecule has 1 saturated carbocycles. The number of nitrogens with one attached hydrogen (secondary N) is 2. The molecule has 5 heteroatoms. The van der Waals surface area contributed by atoms with E-state index in [2.05, 4.69) is 22.8 Å². The molecule has 1 aliphatic carbocycles. The molecule has 1 fully saturated rings. The van der Waals surface area contributed by atoms with Crippen molar-refractivity contribution in [1.82, 2.24) is 5.43 Å². The lowest BCUT2D eigenvalue weighted by atomic mass is 10.0. The quantitative estimate of drug-likeness (QED) is 0.836. The van der Waals surface area contributed by atoms with Crippen LogP contribution < -0.4 is 10.7 Å². The van der Waals surface area contributed by atoms with Gasteiger partial charge in [-0.05, 0) is 55.9 Å². The van der Waals surface area contributed by atoms with Crippen LogP contribution in [0.4, 0.5) is 5.69 Å². The van der Waals surface area contributed by atoms with Crippen LogP contribution in [0.25, 0.3) is 0 Å². The minimum Gasteiger partial charge on any atom is -0.326 e. The van der Waals surface area contributed by atoms with Crippen molar-refractivity contribution >= 4 is 23.2 Å². The van der Waals surface area contributed by atoms with Crippen molar-refractivity contribution in [2.75, 3.05) is 5.32 Å². The summed E-state index contributed by atoms with van der Waals surface area (Å²) >= 11 is 0. The highest BCUT2D eigenvalue weighted by Crippen LogP contribution is 2.24. The van der Waals surface area contributed by atoms with Gasteiger partial charge in [-0.3, -0.25) is 9.59 Å². The average molecular weight is 287 g/mol. The molecule has 0 saturated heterocycles. The zero-order chi connectivity index (χ0) is 15.2. The van der Waals surface area contributed by atoms with Gasteiger partial charge in [0.15, 0.2) is 0 Å². The molecule has 1 aromatic carbocycles. The van der Waals surface area contributed by atoms with Crippen LogP contribution in [0.1, 0.15) is 49.9 Å². The van der Waals surface area contributed by atoms with E-state index in [0.29, 0.717) is 17.2 Å². The minimum atomic E-state index is -0.223. The molecular formula is C16H21N3O2. The van der Waals surface area contributed by atoms with Gasteiger partial charge in [0.2, 0.25) is 5.91 Å². The lowest BCUT2D eigenvalue weighted by Crippen LogP contribution is -2.21. The molecule has 0 bridgehead atoms.